The SMILES string of the molecule is Cc1ccc(Oc2ccc(F)cc2)c(N)c1. The van der Waals surface area contributed by atoms with Gasteiger partial charge in [0.05, 0.1) is 5.69 Å². The number of nitrogens with two attached hydrogens (primary N) is 1. The third-order valence-corrected chi connectivity index (χ3v) is 2.21. The number of hydrogen-bond donors (Lipinski definition) is 1. The molecule has 2 rings (SSSR count). The second kappa shape index (κ2) is 4.23. The van der Waals surface area contributed by atoms with Crippen molar-refractivity contribution in [3.05, 3.63) is 53.8 Å². The first-order chi connectivity index (χ1) is 7.65. The zero-order valence-corrected chi connectivity index (χ0v) is 8.91. The van der Waals surface area contributed by atoms with Gasteiger partial charge in [-0.25, -0.2) is 4.39 Å². The highest BCUT2D eigenvalue weighted by atomic mass is 19.1. The average Bonchev–Trinajstić information content (AvgIpc) is 2.25. The molecule has 0 heterocycles. The Bertz CT molecular complexity index is 494. The van der Waals surface area contributed by atoms with Gasteiger partial charge in [0, 0.05) is 0 Å². The minimum Gasteiger partial charge on any atom is -0.455 e. The molecule has 0 unspecified atom stereocenters. The molecule has 2 nitrogen and oxygen atoms in total. The Morgan fingerprint density at radius 1 is 1.06 bits per heavy atom. The lowest BCUT2D eigenvalue weighted by Crippen LogP contribution is -1.92. The molecule has 0 aliphatic rings. The summed E-state index contributed by atoms with van der Waals surface area (Å²) in [6.07, 6.45) is 0. The van der Waals surface area contributed by atoms with Crippen LogP contribution in [0.1, 0.15) is 5.56 Å². The van der Waals surface area contributed by atoms with E-state index in [2.05, 4.69) is 0 Å². The van der Waals surface area contributed by atoms with E-state index in [0.717, 1.165) is 5.56 Å². The van der Waals surface area contributed by atoms with E-state index in [1.807, 2.05) is 19.1 Å². The largest absolute Gasteiger partial charge is 0.455 e. The Morgan fingerprint density at radius 3 is 2.38 bits per heavy atom. The van der Waals surface area contributed by atoms with Gasteiger partial charge >= 0.3 is 0 Å². The molecule has 0 spiro atoms. The van der Waals surface area contributed by atoms with Crippen LogP contribution in [-0.4, -0.2) is 0 Å². The molecule has 2 aromatic rings. The van der Waals surface area contributed by atoms with Gasteiger partial charge in [-0.1, -0.05) is 6.07 Å². The van der Waals surface area contributed by atoms with Crippen LogP contribution in [0.5, 0.6) is 11.5 Å². The monoisotopic (exact) mass is 217 g/mol. The zero-order valence-electron chi connectivity index (χ0n) is 8.91. The normalized spacial score (nSPS) is 10.1. The van der Waals surface area contributed by atoms with Crippen LogP contribution in [0.2, 0.25) is 0 Å². The van der Waals surface area contributed by atoms with Gasteiger partial charge in [-0.2, -0.15) is 0 Å². The van der Waals surface area contributed by atoms with Crippen molar-refractivity contribution in [2.24, 2.45) is 0 Å². The fraction of sp³-hybridized carbons (Fsp3) is 0.0769. The molecule has 0 aliphatic heterocycles. The molecular weight excluding hydrogens is 205 g/mol. The Hall–Kier alpha value is -2.03. The number of rotatable bonds is 2. The predicted molar refractivity (Wildman–Crippen MR) is 62.1 cm³/mol. The summed E-state index contributed by atoms with van der Waals surface area (Å²) >= 11 is 0. The van der Waals surface area contributed by atoms with Gasteiger partial charge in [0.25, 0.3) is 0 Å². The van der Waals surface area contributed by atoms with Crippen LogP contribution in [0.3, 0.4) is 0 Å². The third kappa shape index (κ3) is 2.31. The lowest BCUT2D eigenvalue weighted by atomic mass is 10.2. The third-order valence-electron chi connectivity index (χ3n) is 2.21. The fourth-order valence-corrected chi connectivity index (χ4v) is 1.39. The first-order valence-corrected chi connectivity index (χ1v) is 4.95. The van der Waals surface area contributed by atoms with Crippen molar-refractivity contribution >= 4 is 5.69 Å². The molecule has 0 bridgehead atoms. The molecule has 3 heteroatoms. The summed E-state index contributed by atoms with van der Waals surface area (Å²) in [4.78, 5) is 0. The molecule has 0 aliphatic carbocycles. The Balaban J connectivity index is 2.23. The molecule has 0 saturated heterocycles. The van der Waals surface area contributed by atoms with Gasteiger partial charge in [0.1, 0.15) is 17.3 Å². The summed E-state index contributed by atoms with van der Waals surface area (Å²) in [5, 5.41) is 0. The molecular formula is C13H12FNO. The Morgan fingerprint density at radius 2 is 1.75 bits per heavy atom. The van der Waals surface area contributed by atoms with Crippen molar-refractivity contribution in [2.45, 2.75) is 6.92 Å². The lowest BCUT2D eigenvalue weighted by molar-refractivity contribution is 0.483. The van der Waals surface area contributed by atoms with Crippen LogP contribution < -0.4 is 10.5 Å². The predicted octanol–water partition coefficient (Wildman–Crippen LogP) is 3.51. The number of anilines is 1. The minimum absolute atomic E-state index is 0.288. The maximum absolute atomic E-state index is 12.7. The molecule has 0 saturated carbocycles. The standard InChI is InChI=1S/C13H12FNO/c1-9-2-7-13(12(15)8-9)16-11-5-3-10(14)4-6-11/h2-8H,15H2,1H3. The van der Waals surface area contributed by atoms with Crippen molar-refractivity contribution in [3.8, 4) is 11.5 Å². The van der Waals surface area contributed by atoms with Crippen LogP contribution in [0.25, 0.3) is 0 Å². The summed E-state index contributed by atoms with van der Waals surface area (Å²) in [5.41, 5.74) is 7.45. The maximum atomic E-state index is 12.7. The number of hydrogen-bond acceptors (Lipinski definition) is 2. The Labute approximate surface area is 93.5 Å². The number of aryl methyl sites for hydroxylation is 1. The highest BCUT2D eigenvalue weighted by Gasteiger charge is 2.02. The number of ether oxygens (including phenoxy) is 1. The van der Waals surface area contributed by atoms with Crippen LogP contribution in [-0.2, 0) is 0 Å². The fourth-order valence-electron chi connectivity index (χ4n) is 1.39. The first-order valence-electron chi connectivity index (χ1n) is 4.95. The van der Waals surface area contributed by atoms with Crippen LogP contribution in [0.15, 0.2) is 42.5 Å². The molecule has 82 valence electrons. The smallest absolute Gasteiger partial charge is 0.150 e. The van der Waals surface area contributed by atoms with Crippen molar-refractivity contribution in [1.29, 1.82) is 0 Å². The summed E-state index contributed by atoms with van der Waals surface area (Å²) in [7, 11) is 0. The molecule has 0 radical (unpaired) electrons. The first kappa shape index (κ1) is 10.5. The lowest BCUT2D eigenvalue weighted by Gasteiger charge is -2.08. The van der Waals surface area contributed by atoms with Gasteiger partial charge in [0.2, 0.25) is 0 Å². The highest BCUT2D eigenvalue weighted by molar-refractivity contribution is 5.55. The van der Waals surface area contributed by atoms with Gasteiger partial charge < -0.3 is 10.5 Å². The molecule has 0 aromatic heterocycles. The molecule has 0 amide bonds. The van der Waals surface area contributed by atoms with E-state index in [9.17, 15) is 4.39 Å². The molecule has 0 fully saturated rings. The summed E-state index contributed by atoms with van der Waals surface area (Å²) < 4.78 is 18.2. The van der Waals surface area contributed by atoms with Gasteiger partial charge in [-0.3, -0.25) is 0 Å². The highest BCUT2D eigenvalue weighted by Crippen LogP contribution is 2.27. The van der Waals surface area contributed by atoms with Gasteiger partial charge in [-0.05, 0) is 48.9 Å². The van der Waals surface area contributed by atoms with Crippen molar-refractivity contribution in [3.63, 3.8) is 0 Å². The van der Waals surface area contributed by atoms with E-state index in [1.54, 1.807) is 18.2 Å². The van der Waals surface area contributed by atoms with Crippen LogP contribution in [0.4, 0.5) is 10.1 Å². The summed E-state index contributed by atoms with van der Waals surface area (Å²) in [5.74, 6) is 0.860. The topological polar surface area (TPSA) is 35.2 Å². The van der Waals surface area contributed by atoms with Gasteiger partial charge in [-0.15, -0.1) is 0 Å². The second-order valence-corrected chi connectivity index (χ2v) is 3.60. The van der Waals surface area contributed by atoms with E-state index in [1.165, 1.54) is 12.1 Å². The van der Waals surface area contributed by atoms with Crippen molar-refractivity contribution < 1.29 is 9.13 Å². The zero-order chi connectivity index (χ0) is 11.5. The van der Waals surface area contributed by atoms with Crippen molar-refractivity contribution in [2.75, 3.05) is 5.73 Å². The summed E-state index contributed by atoms with van der Waals surface area (Å²) in [6, 6.07) is 11.4. The van der Waals surface area contributed by atoms with Crippen LogP contribution in [0, 0.1) is 12.7 Å². The van der Waals surface area contributed by atoms with E-state index in [-0.39, 0.29) is 5.82 Å². The van der Waals surface area contributed by atoms with E-state index in [0.29, 0.717) is 17.2 Å². The average molecular weight is 217 g/mol. The number of halogens is 1. The van der Waals surface area contributed by atoms with Gasteiger partial charge in [0.15, 0.2) is 0 Å². The number of nitrogen functional groups attached to an aromatic ring is 1. The molecule has 2 N–H and O–H groups in total. The van der Waals surface area contributed by atoms with E-state index in [4.69, 9.17) is 10.5 Å². The minimum atomic E-state index is -0.288. The van der Waals surface area contributed by atoms with E-state index >= 15 is 0 Å². The molecule has 0 atom stereocenters. The molecule has 2 aromatic carbocycles. The van der Waals surface area contributed by atoms with Crippen LogP contribution >= 0.6 is 0 Å². The van der Waals surface area contributed by atoms with E-state index < -0.39 is 0 Å². The Kier molecular flexibility index (Phi) is 2.77. The van der Waals surface area contributed by atoms with Crippen molar-refractivity contribution in [1.82, 2.24) is 0 Å². The quantitative estimate of drug-likeness (QED) is 0.781. The maximum Gasteiger partial charge on any atom is 0.150 e. The number of benzene rings is 2. The second-order valence-electron chi connectivity index (χ2n) is 3.60. The summed E-state index contributed by atoms with van der Waals surface area (Å²) in [6.45, 7) is 1.96. The molecule has 16 heavy (non-hydrogen) atoms.